The van der Waals surface area contributed by atoms with Crippen LogP contribution in [0.5, 0.6) is 5.75 Å². The lowest BCUT2D eigenvalue weighted by Gasteiger charge is -2.61. The molecule has 2 saturated heterocycles. The molecule has 5 fully saturated rings. The molecule has 3 aliphatic heterocycles. The zero-order valence-electron chi connectivity index (χ0n) is 26.8. The summed E-state index contributed by atoms with van der Waals surface area (Å²) in [7, 11) is 2.13. The topological polar surface area (TPSA) is 96.0 Å². The van der Waals surface area contributed by atoms with E-state index in [1.54, 1.807) is 12.4 Å². The fourth-order valence-corrected chi connectivity index (χ4v) is 9.48. The van der Waals surface area contributed by atoms with Gasteiger partial charge in [-0.25, -0.2) is 4.39 Å². The summed E-state index contributed by atoms with van der Waals surface area (Å²) in [5, 5.41) is 6.50. The van der Waals surface area contributed by atoms with Crippen LogP contribution in [0, 0.1) is 17.8 Å². The van der Waals surface area contributed by atoms with Gasteiger partial charge in [-0.3, -0.25) is 14.6 Å². The summed E-state index contributed by atoms with van der Waals surface area (Å²) in [6.07, 6.45) is 13.4. The summed E-state index contributed by atoms with van der Waals surface area (Å²) < 4.78 is 29.1. The highest BCUT2D eigenvalue weighted by Crippen LogP contribution is 2.50. The number of fused-ring (bicyclic) bond motifs is 3. The molecule has 3 aliphatic carbocycles. The van der Waals surface area contributed by atoms with Gasteiger partial charge in [-0.15, -0.1) is 0 Å². The maximum absolute atomic E-state index is 16.2. The number of alkyl halides is 1. The van der Waals surface area contributed by atoms with Crippen molar-refractivity contribution >= 4 is 11.7 Å². The SMILES string of the molecule is CC(CNC1C(F)CC2C(=O)C(C(=O)NCCC3CCCN3C)=CN3C4CC5CCCCC5CC4OC1C23)Oc1cccnc1. The number of morpholine rings is 1. The Morgan fingerprint density at radius 2 is 2.00 bits per heavy atom. The number of likely N-dealkylation sites (tertiary alicyclic amines) is 1. The Labute approximate surface area is 266 Å². The number of nitrogens with zero attached hydrogens (tertiary/aromatic N) is 3. The Kier molecular flexibility index (Phi) is 9.17. The van der Waals surface area contributed by atoms with Crippen LogP contribution in [0.3, 0.4) is 0 Å². The maximum Gasteiger partial charge on any atom is 0.256 e. The van der Waals surface area contributed by atoms with Gasteiger partial charge in [0.15, 0.2) is 5.78 Å². The minimum atomic E-state index is -1.28. The lowest BCUT2D eigenvalue weighted by atomic mass is 9.65. The third-order valence-electron chi connectivity index (χ3n) is 11.8. The van der Waals surface area contributed by atoms with E-state index in [4.69, 9.17) is 9.47 Å². The number of rotatable bonds is 9. The van der Waals surface area contributed by atoms with Crippen molar-refractivity contribution < 1.29 is 23.5 Å². The van der Waals surface area contributed by atoms with E-state index < -0.39 is 24.2 Å². The van der Waals surface area contributed by atoms with Crippen molar-refractivity contribution in [1.82, 2.24) is 25.4 Å². The van der Waals surface area contributed by atoms with E-state index in [1.165, 1.54) is 32.1 Å². The zero-order chi connectivity index (χ0) is 31.1. The first-order valence-corrected chi connectivity index (χ1v) is 17.5. The van der Waals surface area contributed by atoms with Gasteiger partial charge in [0.05, 0.1) is 42.1 Å². The number of aromatic nitrogens is 1. The molecule has 2 N–H and O–H groups in total. The number of carbonyl (C=O) groups is 2. The van der Waals surface area contributed by atoms with Gasteiger partial charge in [0, 0.05) is 37.4 Å². The first-order chi connectivity index (χ1) is 21.9. The number of hydrogen-bond donors (Lipinski definition) is 2. The molecule has 11 atom stereocenters. The molecule has 0 spiro atoms. The van der Waals surface area contributed by atoms with Crippen LogP contribution in [0.15, 0.2) is 36.3 Å². The first kappa shape index (κ1) is 31.1. The molecule has 6 aliphatic rings. The Morgan fingerprint density at radius 1 is 1.18 bits per heavy atom. The molecule has 10 heteroatoms. The van der Waals surface area contributed by atoms with Gasteiger partial charge >= 0.3 is 0 Å². The van der Waals surface area contributed by atoms with Crippen molar-refractivity contribution in [2.24, 2.45) is 17.8 Å². The average Bonchev–Trinajstić information content (AvgIpc) is 3.45. The average molecular weight is 624 g/mol. The summed E-state index contributed by atoms with van der Waals surface area (Å²) in [6, 6.07) is 3.38. The number of ketones is 1. The third kappa shape index (κ3) is 6.26. The van der Waals surface area contributed by atoms with Crippen molar-refractivity contribution in [3.05, 3.63) is 36.3 Å². The number of amides is 1. The van der Waals surface area contributed by atoms with Crippen LogP contribution in [0.4, 0.5) is 4.39 Å². The lowest BCUT2D eigenvalue weighted by molar-refractivity contribution is -0.208. The second kappa shape index (κ2) is 13.3. The van der Waals surface area contributed by atoms with Crippen molar-refractivity contribution in [2.75, 3.05) is 26.7 Å². The minimum absolute atomic E-state index is 0.0448. The number of nitrogens with one attached hydrogen (secondary N) is 2. The zero-order valence-corrected chi connectivity index (χ0v) is 26.8. The second-order valence-corrected chi connectivity index (χ2v) is 14.6. The normalized spacial score (nSPS) is 38.4. The van der Waals surface area contributed by atoms with Crippen LogP contribution >= 0.6 is 0 Å². The maximum atomic E-state index is 16.2. The van der Waals surface area contributed by atoms with Crippen LogP contribution in [0.2, 0.25) is 0 Å². The Hall–Kier alpha value is -2.56. The molecular formula is C35H50FN5O4. The summed E-state index contributed by atoms with van der Waals surface area (Å²) in [6.45, 7) is 4.01. The van der Waals surface area contributed by atoms with Crippen molar-refractivity contribution in [1.29, 1.82) is 0 Å². The number of carbonyl (C=O) groups excluding carboxylic acids is 2. The number of ether oxygens (including phenoxy) is 2. The molecule has 1 amide bonds. The van der Waals surface area contributed by atoms with E-state index in [0.717, 1.165) is 32.2 Å². The second-order valence-electron chi connectivity index (χ2n) is 14.6. The van der Waals surface area contributed by atoms with E-state index in [1.807, 2.05) is 25.3 Å². The largest absolute Gasteiger partial charge is 0.488 e. The molecule has 0 aromatic carbocycles. The highest BCUT2D eigenvalue weighted by Gasteiger charge is 2.59. The van der Waals surface area contributed by atoms with Gasteiger partial charge in [0.1, 0.15) is 18.0 Å². The monoisotopic (exact) mass is 623 g/mol. The first-order valence-electron chi connectivity index (χ1n) is 17.5. The van der Waals surface area contributed by atoms with Crippen LogP contribution in [0.25, 0.3) is 0 Å². The molecule has 3 saturated carbocycles. The summed E-state index contributed by atoms with van der Waals surface area (Å²) in [5.74, 6) is 0.777. The Morgan fingerprint density at radius 3 is 2.76 bits per heavy atom. The summed E-state index contributed by atoms with van der Waals surface area (Å²) in [5.41, 5.74) is 0.193. The molecule has 7 rings (SSSR count). The molecule has 11 unspecified atom stereocenters. The predicted octanol–water partition coefficient (Wildman–Crippen LogP) is 3.64. The molecule has 9 nitrogen and oxygen atoms in total. The van der Waals surface area contributed by atoms with E-state index in [2.05, 4.69) is 32.5 Å². The third-order valence-corrected chi connectivity index (χ3v) is 11.8. The molecule has 1 aromatic rings. The minimum Gasteiger partial charge on any atom is -0.488 e. The number of pyridine rings is 1. The standard InChI is InChI=1S/C35H50FN5O4/c1-21(44-25-10-5-12-37-19-25)18-39-31-28(36)17-26-32-34(31)45-30-16-23-8-4-3-7-22(23)15-29(30)41(32)20-27(33(26)42)35(43)38-13-11-24-9-6-14-40(24)2/h5,10,12,19-24,26,28-32,34,39H,3-4,6-9,11,13-18H2,1-2H3,(H,38,43). The van der Waals surface area contributed by atoms with Crippen LogP contribution in [-0.4, -0.2) is 102 Å². The summed E-state index contributed by atoms with van der Waals surface area (Å²) >= 11 is 0. The number of Topliss-reactive ketones (excluding diaryl/α,β-unsaturated/α-hetero) is 1. The fraction of sp³-hybridized carbons (Fsp3) is 0.743. The summed E-state index contributed by atoms with van der Waals surface area (Å²) in [4.78, 5) is 36.3. The smallest absolute Gasteiger partial charge is 0.256 e. The van der Waals surface area contributed by atoms with E-state index >= 15 is 4.39 Å². The van der Waals surface area contributed by atoms with Gasteiger partial charge in [-0.2, -0.15) is 0 Å². The lowest BCUT2D eigenvalue weighted by Crippen LogP contribution is -2.73. The van der Waals surface area contributed by atoms with E-state index in [9.17, 15) is 9.59 Å². The highest BCUT2D eigenvalue weighted by atomic mass is 19.1. The van der Waals surface area contributed by atoms with Gasteiger partial charge < -0.3 is 29.9 Å². The van der Waals surface area contributed by atoms with Gasteiger partial charge in [0.2, 0.25) is 0 Å². The number of hydrogen-bond acceptors (Lipinski definition) is 8. The van der Waals surface area contributed by atoms with Gasteiger partial charge in [-0.05, 0) is 83.0 Å². The Bertz CT molecular complexity index is 1250. The van der Waals surface area contributed by atoms with Crippen molar-refractivity contribution in [3.63, 3.8) is 0 Å². The molecule has 0 bridgehead atoms. The van der Waals surface area contributed by atoms with E-state index in [-0.39, 0.29) is 48.0 Å². The van der Waals surface area contributed by atoms with Crippen LogP contribution < -0.4 is 15.4 Å². The fourth-order valence-electron chi connectivity index (χ4n) is 9.48. The quantitative estimate of drug-likeness (QED) is 0.403. The van der Waals surface area contributed by atoms with Crippen molar-refractivity contribution in [2.45, 2.75) is 120 Å². The van der Waals surface area contributed by atoms with Crippen molar-refractivity contribution in [3.8, 4) is 5.75 Å². The van der Waals surface area contributed by atoms with E-state index in [0.29, 0.717) is 36.7 Å². The predicted molar refractivity (Wildman–Crippen MR) is 168 cm³/mol. The van der Waals surface area contributed by atoms with Gasteiger partial charge in [-0.1, -0.05) is 25.7 Å². The van der Waals surface area contributed by atoms with Crippen LogP contribution in [0.1, 0.15) is 71.1 Å². The molecule has 45 heavy (non-hydrogen) atoms. The number of halogens is 1. The van der Waals surface area contributed by atoms with Gasteiger partial charge in [0.25, 0.3) is 5.91 Å². The molecule has 1 aromatic heterocycles. The highest BCUT2D eigenvalue weighted by molar-refractivity contribution is 6.20. The Balaban J connectivity index is 1.11. The molecule has 0 radical (unpaired) electrons. The van der Waals surface area contributed by atoms with Crippen LogP contribution in [-0.2, 0) is 14.3 Å². The molecule has 246 valence electrons. The molecular weight excluding hydrogens is 573 g/mol. The molecule has 4 heterocycles.